The Bertz CT molecular complexity index is 1150. The molecule has 1 heterocycles. The molecule has 160 valence electrons. The molecule has 2 aromatic carbocycles. The zero-order valence-electron chi connectivity index (χ0n) is 17.6. The van der Waals surface area contributed by atoms with Crippen LogP contribution in [-0.2, 0) is 0 Å². The van der Waals surface area contributed by atoms with E-state index in [1.165, 1.54) is 26.5 Å². The number of benzene rings is 2. The zero-order valence-corrected chi connectivity index (χ0v) is 17.6. The van der Waals surface area contributed by atoms with Crippen LogP contribution in [0.3, 0.4) is 0 Å². The highest BCUT2D eigenvalue weighted by Crippen LogP contribution is 2.32. The molecule has 0 fully saturated rings. The Labute approximate surface area is 179 Å². The van der Waals surface area contributed by atoms with Crippen LogP contribution in [0.5, 0.6) is 11.5 Å². The van der Waals surface area contributed by atoms with E-state index in [9.17, 15) is 14.7 Å². The van der Waals surface area contributed by atoms with Crippen LogP contribution < -0.4 is 20.0 Å². The van der Waals surface area contributed by atoms with Crippen molar-refractivity contribution in [3.05, 3.63) is 76.6 Å². The van der Waals surface area contributed by atoms with Gasteiger partial charge in [-0.25, -0.2) is 5.43 Å². The minimum absolute atomic E-state index is 0.0178. The maximum atomic E-state index is 12.7. The van der Waals surface area contributed by atoms with Gasteiger partial charge in [0.1, 0.15) is 0 Å². The van der Waals surface area contributed by atoms with Crippen LogP contribution in [-0.4, -0.2) is 36.9 Å². The Balaban J connectivity index is 1.86. The van der Waals surface area contributed by atoms with Gasteiger partial charge in [-0.15, -0.1) is 0 Å². The molecule has 0 aliphatic heterocycles. The van der Waals surface area contributed by atoms with E-state index >= 15 is 0 Å². The monoisotopic (exact) mass is 420 g/mol. The topological polar surface area (TPSA) is 105 Å². The lowest BCUT2D eigenvalue weighted by atomic mass is 10.1. The Kier molecular flexibility index (Phi) is 6.40. The quantitative estimate of drug-likeness (QED) is 0.466. The summed E-state index contributed by atoms with van der Waals surface area (Å²) < 4.78 is 12.2. The van der Waals surface area contributed by atoms with Crippen molar-refractivity contribution in [1.29, 1.82) is 0 Å². The number of amides is 1. The molecule has 0 saturated heterocycles. The highest BCUT2D eigenvalue weighted by Gasteiger charge is 2.17. The number of hydrogen-bond donors (Lipinski definition) is 1. The van der Waals surface area contributed by atoms with Crippen molar-refractivity contribution in [2.24, 2.45) is 5.10 Å². The smallest absolute Gasteiger partial charge is 0.273 e. The van der Waals surface area contributed by atoms with Gasteiger partial charge >= 0.3 is 0 Å². The third-order valence-electron chi connectivity index (χ3n) is 4.84. The summed E-state index contributed by atoms with van der Waals surface area (Å²) in [6.07, 6.45) is 1.22. The average molecular weight is 420 g/mol. The number of carbonyl (C=O) groups excluding carboxylic acids is 2. The standard InChI is InChI=1S/C23H23N3O5/c1-14-12-18(15(2)26(14)17-8-6-5-7-9-17)22(27)25-24-13-16-10-11-19(30-3)21(31-4)20(16)23(28)29/h5-13H,1-4H3,(H,25,27)(H,28,29)/p-1/b24-13-. The third kappa shape index (κ3) is 4.28. The number of carbonyl (C=O) groups is 2. The van der Waals surface area contributed by atoms with Crippen molar-refractivity contribution in [3.8, 4) is 17.2 Å². The van der Waals surface area contributed by atoms with Gasteiger partial charge in [-0.2, -0.15) is 5.10 Å². The number of aromatic carboxylic acids is 1. The molecule has 1 aromatic heterocycles. The number of nitrogens with one attached hydrogen (secondary N) is 1. The number of ether oxygens (including phenoxy) is 2. The molecule has 0 atom stereocenters. The zero-order chi connectivity index (χ0) is 22.5. The van der Waals surface area contributed by atoms with Gasteiger partial charge in [0, 0.05) is 22.6 Å². The van der Waals surface area contributed by atoms with Crippen molar-refractivity contribution in [2.45, 2.75) is 13.8 Å². The molecule has 0 saturated carbocycles. The normalized spacial score (nSPS) is 10.8. The number of aryl methyl sites for hydroxylation is 1. The first-order chi connectivity index (χ1) is 14.9. The lowest BCUT2D eigenvalue weighted by Crippen LogP contribution is -2.25. The van der Waals surface area contributed by atoms with Crippen LogP contribution in [0.2, 0.25) is 0 Å². The van der Waals surface area contributed by atoms with Gasteiger partial charge in [-0.05, 0) is 44.2 Å². The lowest BCUT2D eigenvalue weighted by Gasteiger charge is -2.15. The van der Waals surface area contributed by atoms with E-state index in [0.29, 0.717) is 5.56 Å². The Morgan fingerprint density at radius 2 is 1.77 bits per heavy atom. The molecular formula is C23H22N3O5-. The first-order valence-electron chi connectivity index (χ1n) is 9.43. The summed E-state index contributed by atoms with van der Waals surface area (Å²) in [6, 6.07) is 14.5. The number of nitrogens with zero attached hydrogens (tertiary/aromatic N) is 2. The van der Waals surface area contributed by atoms with Gasteiger partial charge in [0.2, 0.25) is 0 Å². The number of hydrazone groups is 1. The molecule has 31 heavy (non-hydrogen) atoms. The molecule has 0 spiro atoms. The Morgan fingerprint density at radius 1 is 1.06 bits per heavy atom. The second-order valence-corrected chi connectivity index (χ2v) is 6.71. The number of para-hydroxylation sites is 1. The first-order valence-corrected chi connectivity index (χ1v) is 9.43. The molecule has 3 aromatic rings. The highest BCUT2D eigenvalue weighted by molar-refractivity contribution is 6.01. The van der Waals surface area contributed by atoms with E-state index in [0.717, 1.165) is 17.1 Å². The fourth-order valence-electron chi connectivity index (χ4n) is 3.45. The third-order valence-corrected chi connectivity index (χ3v) is 4.84. The number of methoxy groups -OCH3 is 2. The lowest BCUT2D eigenvalue weighted by molar-refractivity contribution is -0.255. The van der Waals surface area contributed by atoms with Crippen molar-refractivity contribution in [3.63, 3.8) is 0 Å². The molecule has 0 unspecified atom stereocenters. The number of carboxylic acid groups (broad SMARTS) is 1. The number of carboxylic acids is 1. The molecule has 3 rings (SSSR count). The molecule has 8 nitrogen and oxygen atoms in total. The molecule has 0 radical (unpaired) electrons. The van der Waals surface area contributed by atoms with Crippen molar-refractivity contribution >= 4 is 18.1 Å². The summed E-state index contributed by atoms with van der Waals surface area (Å²) in [7, 11) is 2.73. The molecule has 0 aliphatic carbocycles. The van der Waals surface area contributed by atoms with Crippen LogP contribution in [0.1, 0.15) is 37.7 Å². The van der Waals surface area contributed by atoms with Gasteiger partial charge in [-0.3, -0.25) is 4.79 Å². The fourth-order valence-corrected chi connectivity index (χ4v) is 3.45. The summed E-state index contributed by atoms with van der Waals surface area (Å²) in [5.74, 6) is -1.60. The van der Waals surface area contributed by atoms with Gasteiger partial charge in [-0.1, -0.05) is 18.2 Å². The van der Waals surface area contributed by atoms with Gasteiger partial charge in [0.05, 0.1) is 37.5 Å². The number of rotatable bonds is 7. The van der Waals surface area contributed by atoms with E-state index in [-0.39, 0.29) is 22.6 Å². The van der Waals surface area contributed by atoms with Crippen LogP contribution in [0.4, 0.5) is 0 Å². The fraction of sp³-hybridized carbons (Fsp3) is 0.174. The van der Waals surface area contributed by atoms with Crippen LogP contribution >= 0.6 is 0 Å². The Hall–Kier alpha value is -4.07. The van der Waals surface area contributed by atoms with E-state index in [1.807, 2.05) is 48.7 Å². The summed E-state index contributed by atoms with van der Waals surface area (Å²) in [4.78, 5) is 24.3. The van der Waals surface area contributed by atoms with Crippen LogP contribution in [0, 0.1) is 13.8 Å². The summed E-state index contributed by atoms with van der Waals surface area (Å²) in [5, 5.41) is 15.5. The van der Waals surface area contributed by atoms with Crippen molar-refractivity contribution in [2.75, 3.05) is 14.2 Å². The van der Waals surface area contributed by atoms with Crippen LogP contribution in [0.15, 0.2) is 53.6 Å². The van der Waals surface area contributed by atoms with E-state index < -0.39 is 11.9 Å². The predicted octanol–water partition coefficient (Wildman–Crippen LogP) is 2.24. The highest BCUT2D eigenvalue weighted by atomic mass is 16.5. The maximum absolute atomic E-state index is 12.7. The van der Waals surface area contributed by atoms with E-state index in [4.69, 9.17) is 9.47 Å². The summed E-state index contributed by atoms with van der Waals surface area (Å²) in [6.45, 7) is 3.76. The summed E-state index contributed by atoms with van der Waals surface area (Å²) in [5.41, 5.74) is 5.50. The van der Waals surface area contributed by atoms with Crippen LogP contribution in [0.25, 0.3) is 5.69 Å². The molecule has 1 N–H and O–H groups in total. The first kappa shape index (κ1) is 21.6. The van der Waals surface area contributed by atoms with E-state index in [1.54, 1.807) is 12.1 Å². The van der Waals surface area contributed by atoms with Crippen molar-refractivity contribution in [1.82, 2.24) is 9.99 Å². The Morgan fingerprint density at radius 3 is 2.39 bits per heavy atom. The second-order valence-electron chi connectivity index (χ2n) is 6.71. The molecule has 0 bridgehead atoms. The second kappa shape index (κ2) is 9.17. The molecule has 1 amide bonds. The molecular weight excluding hydrogens is 398 g/mol. The SMILES string of the molecule is COc1ccc(/C=N\NC(=O)c2cc(C)n(-c3ccccc3)c2C)c(C(=O)[O-])c1OC. The largest absolute Gasteiger partial charge is 0.545 e. The van der Waals surface area contributed by atoms with Gasteiger partial charge in [0.15, 0.2) is 11.5 Å². The van der Waals surface area contributed by atoms with Crippen molar-refractivity contribution < 1.29 is 24.2 Å². The summed E-state index contributed by atoms with van der Waals surface area (Å²) >= 11 is 0. The predicted molar refractivity (Wildman–Crippen MR) is 114 cm³/mol. The number of aromatic nitrogens is 1. The minimum atomic E-state index is -1.45. The minimum Gasteiger partial charge on any atom is -0.545 e. The number of hydrogen-bond acceptors (Lipinski definition) is 6. The van der Waals surface area contributed by atoms with E-state index in [2.05, 4.69) is 10.5 Å². The maximum Gasteiger partial charge on any atom is 0.273 e. The average Bonchev–Trinajstić information content (AvgIpc) is 3.07. The van der Waals surface area contributed by atoms with Gasteiger partial charge in [0.25, 0.3) is 5.91 Å². The molecule has 8 heteroatoms. The van der Waals surface area contributed by atoms with Gasteiger partial charge < -0.3 is 23.9 Å². The molecule has 0 aliphatic rings.